The lowest BCUT2D eigenvalue weighted by molar-refractivity contribution is -0.134. The lowest BCUT2D eigenvalue weighted by Gasteiger charge is -2.33. The minimum Gasteiger partial charge on any atom is -0.483 e. The molecule has 1 amide bonds. The van der Waals surface area contributed by atoms with Crippen molar-refractivity contribution in [2.45, 2.75) is 12.8 Å². The lowest BCUT2D eigenvalue weighted by Crippen LogP contribution is -2.51. The summed E-state index contributed by atoms with van der Waals surface area (Å²) in [6.07, 6.45) is 2.30. The van der Waals surface area contributed by atoms with Gasteiger partial charge in [0.1, 0.15) is 5.75 Å². The average Bonchev–Trinajstić information content (AvgIpc) is 2.94. The summed E-state index contributed by atoms with van der Waals surface area (Å²) in [6.45, 7) is 1.23. The van der Waals surface area contributed by atoms with E-state index in [4.69, 9.17) is 4.74 Å². The van der Waals surface area contributed by atoms with E-state index in [-0.39, 0.29) is 18.3 Å². The molecule has 0 saturated carbocycles. The molecule has 1 aromatic carbocycles. The van der Waals surface area contributed by atoms with Crippen LogP contribution in [0.1, 0.15) is 22.3 Å². The highest BCUT2D eigenvalue weighted by atomic mass is 32.2. The van der Waals surface area contributed by atoms with Crippen molar-refractivity contribution in [3.63, 3.8) is 0 Å². The molecule has 1 heterocycles. The Hall–Kier alpha value is -1.93. The molecule has 130 valence electrons. The molecule has 0 aromatic heterocycles. The topological polar surface area (TPSA) is 84.0 Å². The van der Waals surface area contributed by atoms with Gasteiger partial charge in [-0.2, -0.15) is 4.31 Å². The van der Waals surface area contributed by atoms with Crippen LogP contribution in [-0.4, -0.2) is 68.4 Å². The quantitative estimate of drug-likeness (QED) is 0.778. The van der Waals surface area contributed by atoms with E-state index in [9.17, 15) is 18.0 Å². The number of ether oxygens (including phenoxy) is 1. The van der Waals surface area contributed by atoms with Crippen LogP contribution >= 0.6 is 0 Å². The van der Waals surface area contributed by atoms with Crippen molar-refractivity contribution in [3.05, 3.63) is 29.3 Å². The SMILES string of the molecule is CS(=O)(=O)N1CCN(C(=O)COc2cccc3c2CCC3=O)CC1. The molecular formula is C16H20N2O5S. The van der Waals surface area contributed by atoms with Gasteiger partial charge in [-0.15, -0.1) is 0 Å². The van der Waals surface area contributed by atoms with E-state index in [0.29, 0.717) is 50.3 Å². The molecule has 1 fully saturated rings. The molecule has 0 N–H and O–H groups in total. The highest BCUT2D eigenvalue weighted by Crippen LogP contribution is 2.30. The number of sulfonamides is 1. The van der Waals surface area contributed by atoms with Crippen molar-refractivity contribution in [2.75, 3.05) is 39.0 Å². The van der Waals surface area contributed by atoms with Crippen LogP contribution < -0.4 is 4.74 Å². The predicted octanol–water partition coefficient (Wildman–Crippen LogP) is 0.298. The Morgan fingerprint density at radius 2 is 1.88 bits per heavy atom. The molecule has 8 heteroatoms. The van der Waals surface area contributed by atoms with Gasteiger partial charge in [0.25, 0.3) is 5.91 Å². The van der Waals surface area contributed by atoms with Crippen molar-refractivity contribution < 1.29 is 22.7 Å². The molecule has 24 heavy (non-hydrogen) atoms. The van der Waals surface area contributed by atoms with Gasteiger partial charge in [-0.1, -0.05) is 12.1 Å². The maximum absolute atomic E-state index is 12.3. The summed E-state index contributed by atoms with van der Waals surface area (Å²) < 4.78 is 30.0. The predicted molar refractivity (Wildman–Crippen MR) is 87.6 cm³/mol. The molecule has 2 aliphatic rings. The van der Waals surface area contributed by atoms with Crippen molar-refractivity contribution in [1.82, 2.24) is 9.21 Å². The molecule has 0 bridgehead atoms. The summed E-state index contributed by atoms with van der Waals surface area (Å²) in [5, 5.41) is 0. The first-order chi connectivity index (χ1) is 11.4. The molecule has 1 aliphatic heterocycles. The third-order valence-electron chi connectivity index (χ3n) is 4.45. The molecule has 1 aliphatic carbocycles. The molecule has 0 spiro atoms. The highest BCUT2D eigenvalue weighted by Gasteiger charge is 2.27. The monoisotopic (exact) mass is 352 g/mol. The fraction of sp³-hybridized carbons (Fsp3) is 0.500. The van der Waals surface area contributed by atoms with Crippen molar-refractivity contribution in [3.8, 4) is 5.75 Å². The van der Waals surface area contributed by atoms with E-state index < -0.39 is 10.0 Å². The summed E-state index contributed by atoms with van der Waals surface area (Å²) in [5.74, 6) is 0.519. The Bertz CT molecular complexity index is 767. The van der Waals surface area contributed by atoms with E-state index in [1.807, 2.05) is 0 Å². The Balaban J connectivity index is 1.57. The lowest BCUT2D eigenvalue weighted by atomic mass is 10.1. The van der Waals surface area contributed by atoms with Crippen molar-refractivity contribution in [2.24, 2.45) is 0 Å². The standard InChI is InChI=1S/C16H20N2O5S/c1-24(21,22)18-9-7-17(8-10-18)16(20)11-23-15-4-2-3-12-13(15)5-6-14(12)19/h2-4H,5-11H2,1H3. The number of hydrogen-bond donors (Lipinski definition) is 0. The van der Waals surface area contributed by atoms with E-state index >= 15 is 0 Å². The third-order valence-corrected chi connectivity index (χ3v) is 5.75. The van der Waals surface area contributed by atoms with E-state index in [0.717, 1.165) is 5.56 Å². The van der Waals surface area contributed by atoms with Gasteiger partial charge in [0.15, 0.2) is 12.4 Å². The first kappa shape index (κ1) is 16.9. The number of Topliss-reactive ketones (excluding diaryl/α,β-unsaturated/α-hetero) is 1. The van der Waals surface area contributed by atoms with Crippen LogP contribution in [0, 0.1) is 0 Å². The summed E-state index contributed by atoms with van der Waals surface area (Å²) in [6, 6.07) is 5.31. The van der Waals surface area contributed by atoms with E-state index in [1.54, 1.807) is 23.1 Å². The largest absolute Gasteiger partial charge is 0.483 e. The first-order valence-electron chi connectivity index (χ1n) is 7.87. The smallest absolute Gasteiger partial charge is 0.260 e. The zero-order chi connectivity index (χ0) is 17.3. The number of rotatable bonds is 4. The van der Waals surface area contributed by atoms with Gasteiger partial charge in [0.05, 0.1) is 6.26 Å². The maximum Gasteiger partial charge on any atom is 0.260 e. The molecule has 3 rings (SSSR count). The van der Waals surface area contributed by atoms with Crippen LogP contribution in [0.25, 0.3) is 0 Å². The Morgan fingerprint density at radius 1 is 1.17 bits per heavy atom. The normalized spacial score (nSPS) is 18.5. The molecule has 1 saturated heterocycles. The van der Waals surface area contributed by atoms with Gasteiger partial charge in [-0.05, 0) is 12.5 Å². The number of hydrogen-bond acceptors (Lipinski definition) is 5. The minimum absolute atomic E-state index is 0.108. The second kappa shape index (κ2) is 6.52. The van der Waals surface area contributed by atoms with E-state index in [2.05, 4.69) is 0 Å². The summed E-state index contributed by atoms with van der Waals surface area (Å²) in [4.78, 5) is 25.6. The number of nitrogens with zero attached hydrogens (tertiary/aromatic N) is 2. The molecule has 0 atom stereocenters. The fourth-order valence-corrected chi connectivity index (χ4v) is 3.92. The van der Waals surface area contributed by atoms with Crippen LogP contribution in [0.3, 0.4) is 0 Å². The van der Waals surface area contributed by atoms with Gasteiger partial charge in [-0.3, -0.25) is 9.59 Å². The zero-order valence-corrected chi connectivity index (χ0v) is 14.3. The van der Waals surface area contributed by atoms with Crippen LogP contribution in [-0.2, 0) is 21.2 Å². The summed E-state index contributed by atoms with van der Waals surface area (Å²) in [7, 11) is -3.21. The van der Waals surface area contributed by atoms with Crippen molar-refractivity contribution in [1.29, 1.82) is 0 Å². The fourth-order valence-electron chi connectivity index (χ4n) is 3.09. The van der Waals surface area contributed by atoms with Crippen LogP contribution in [0.5, 0.6) is 5.75 Å². The highest BCUT2D eigenvalue weighted by molar-refractivity contribution is 7.88. The Morgan fingerprint density at radius 3 is 2.54 bits per heavy atom. The number of benzene rings is 1. The Labute approximate surface area is 141 Å². The number of ketones is 1. The van der Waals surface area contributed by atoms with Gasteiger partial charge < -0.3 is 9.64 Å². The summed E-state index contributed by atoms with van der Waals surface area (Å²) >= 11 is 0. The van der Waals surface area contributed by atoms with Crippen molar-refractivity contribution >= 4 is 21.7 Å². The molecule has 7 nitrogen and oxygen atoms in total. The third kappa shape index (κ3) is 3.44. The zero-order valence-electron chi connectivity index (χ0n) is 13.5. The second-order valence-electron chi connectivity index (χ2n) is 6.04. The number of carbonyl (C=O) groups excluding carboxylic acids is 2. The number of carbonyl (C=O) groups is 2. The van der Waals surface area contributed by atoms with Gasteiger partial charge in [0, 0.05) is 43.7 Å². The minimum atomic E-state index is -3.21. The molecule has 0 unspecified atom stereocenters. The van der Waals surface area contributed by atoms with Crippen LogP contribution in [0.2, 0.25) is 0 Å². The van der Waals surface area contributed by atoms with Gasteiger partial charge in [-0.25, -0.2) is 8.42 Å². The number of amides is 1. The van der Waals surface area contributed by atoms with Crippen LogP contribution in [0.4, 0.5) is 0 Å². The number of fused-ring (bicyclic) bond motifs is 1. The second-order valence-corrected chi connectivity index (χ2v) is 8.02. The van der Waals surface area contributed by atoms with Gasteiger partial charge >= 0.3 is 0 Å². The molecule has 1 aromatic rings. The Kier molecular flexibility index (Phi) is 4.60. The summed E-state index contributed by atoms with van der Waals surface area (Å²) in [5.41, 5.74) is 1.55. The number of piperazine rings is 1. The maximum atomic E-state index is 12.3. The van der Waals surface area contributed by atoms with E-state index in [1.165, 1.54) is 10.6 Å². The molecule has 0 radical (unpaired) electrons. The van der Waals surface area contributed by atoms with Crippen LogP contribution in [0.15, 0.2) is 18.2 Å². The molecular weight excluding hydrogens is 332 g/mol. The van der Waals surface area contributed by atoms with Gasteiger partial charge in [0.2, 0.25) is 10.0 Å². The average molecular weight is 352 g/mol. The first-order valence-corrected chi connectivity index (χ1v) is 9.72.